The van der Waals surface area contributed by atoms with E-state index in [1.54, 1.807) is 0 Å². The number of hydrogen-bond donors (Lipinski definition) is 1. The van der Waals surface area contributed by atoms with Gasteiger partial charge in [0.1, 0.15) is 6.33 Å². The summed E-state index contributed by atoms with van der Waals surface area (Å²) in [7, 11) is 0. The van der Waals surface area contributed by atoms with Crippen LogP contribution in [0.4, 0.5) is 0 Å². The Morgan fingerprint density at radius 2 is 2.11 bits per heavy atom. The van der Waals surface area contributed by atoms with Crippen molar-refractivity contribution in [3.8, 4) is 5.95 Å². The first-order chi connectivity index (χ1) is 8.78. The Morgan fingerprint density at radius 1 is 1.28 bits per heavy atom. The SMILES string of the molecule is Cc1cc(CN)nc(-n2cnc3c2CCCC3)n1. The molecule has 5 heteroatoms. The van der Waals surface area contributed by atoms with Crippen LogP contribution in [0.15, 0.2) is 12.4 Å². The Kier molecular flexibility index (Phi) is 2.83. The van der Waals surface area contributed by atoms with Gasteiger partial charge in [-0.3, -0.25) is 4.57 Å². The minimum absolute atomic E-state index is 0.438. The summed E-state index contributed by atoms with van der Waals surface area (Å²) in [4.78, 5) is 13.4. The number of rotatable bonds is 2. The number of fused-ring (bicyclic) bond motifs is 1. The zero-order chi connectivity index (χ0) is 12.5. The van der Waals surface area contributed by atoms with Gasteiger partial charge in [0.25, 0.3) is 0 Å². The van der Waals surface area contributed by atoms with Crippen LogP contribution in [0, 0.1) is 6.92 Å². The van der Waals surface area contributed by atoms with E-state index >= 15 is 0 Å². The molecule has 5 nitrogen and oxygen atoms in total. The molecule has 0 saturated carbocycles. The molecule has 2 aromatic heterocycles. The van der Waals surface area contributed by atoms with Gasteiger partial charge in [-0.1, -0.05) is 0 Å². The highest BCUT2D eigenvalue weighted by atomic mass is 15.2. The van der Waals surface area contributed by atoms with E-state index in [-0.39, 0.29) is 0 Å². The molecule has 0 saturated heterocycles. The molecular weight excluding hydrogens is 226 g/mol. The smallest absolute Gasteiger partial charge is 0.235 e. The number of hydrogen-bond acceptors (Lipinski definition) is 4. The Bertz CT molecular complexity index is 573. The van der Waals surface area contributed by atoms with Crippen molar-refractivity contribution in [2.45, 2.75) is 39.2 Å². The monoisotopic (exact) mass is 243 g/mol. The van der Waals surface area contributed by atoms with Crippen LogP contribution in [0.2, 0.25) is 0 Å². The molecule has 0 aromatic carbocycles. The van der Waals surface area contributed by atoms with Crippen LogP contribution in [0.25, 0.3) is 5.95 Å². The molecule has 1 aliphatic carbocycles. The van der Waals surface area contributed by atoms with E-state index in [0.717, 1.165) is 24.2 Å². The van der Waals surface area contributed by atoms with Crippen LogP contribution in [0.5, 0.6) is 0 Å². The van der Waals surface area contributed by atoms with Crippen molar-refractivity contribution < 1.29 is 0 Å². The molecule has 2 heterocycles. The number of aromatic nitrogens is 4. The molecule has 0 spiro atoms. The molecule has 18 heavy (non-hydrogen) atoms. The van der Waals surface area contributed by atoms with Crippen LogP contribution >= 0.6 is 0 Å². The maximum Gasteiger partial charge on any atom is 0.235 e. The average Bonchev–Trinajstić information content (AvgIpc) is 2.81. The standard InChI is InChI=1S/C13H17N5/c1-9-6-10(7-14)17-13(16-9)18-8-15-11-4-2-3-5-12(11)18/h6,8H,2-5,7,14H2,1H3. The third kappa shape index (κ3) is 1.90. The van der Waals surface area contributed by atoms with Crippen molar-refractivity contribution in [1.29, 1.82) is 0 Å². The van der Waals surface area contributed by atoms with Gasteiger partial charge in [-0.15, -0.1) is 0 Å². The number of nitrogens with zero attached hydrogens (tertiary/aromatic N) is 4. The molecule has 0 atom stereocenters. The van der Waals surface area contributed by atoms with Gasteiger partial charge in [0.05, 0.1) is 11.4 Å². The topological polar surface area (TPSA) is 69.6 Å². The predicted octanol–water partition coefficient (Wildman–Crippen LogP) is 1.31. The molecule has 0 amide bonds. The van der Waals surface area contributed by atoms with E-state index < -0.39 is 0 Å². The molecule has 0 bridgehead atoms. The Labute approximate surface area is 106 Å². The lowest BCUT2D eigenvalue weighted by Crippen LogP contribution is -2.12. The van der Waals surface area contributed by atoms with Gasteiger partial charge in [0.15, 0.2) is 0 Å². The second-order valence-electron chi connectivity index (χ2n) is 4.72. The number of nitrogens with two attached hydrogens (primary N) is 1. The minimum Gasteiger partial charge on any atom is -0.325 e. The minimum atomic E-state index is 0.438. The lowest BCUT2D eigenvalue weighted by atomic mass is 10.0. The highest BCUT2D eigenvalue weighted by molar-refractivity contribution is 5.27. The van der Waals surface area contributed by atoms with Crippen LogP contribution < -0.4 is 5.73 Å². The molecule has 94 valence electrons. The predicted molar refractivity (Wildman–Crippen MR) is 68.4 cm³/mol. The first-order valence-corrected chi connectivity index (χ1v) is 6.38. The van der Waals surface area contributed by atoms with E-state index in [0.29, 0.717) is 12.5 Å². The fourth-order valence-corrected chi connectivity index (χ4v) is 2.47. The molecular formula is C13H17N5. The van der Waals surface area contributed by atoms with E-state index in [4.69, 9.17) is 5.73 Å². The van der Waals surface area contributed by atoms with Crippen molar-refractivity contribution in [3.05, 3.63) is 35.2 Å². The van der Waals surface area contributed by atoms with Gasteiger partial charge < -0.3 is 5.73 Å². The largest absolute Gasteiger partial charge is 0.325 e. The number of aryl methyl sites for hydroxylation is 2. The average molecular weight is 243 g/mol. The van der Waals surface area contributed by atoms with Crippen molar-refractivity contribution in [2.75, 3.05) is 0 Å². The molecule has 3 rings (SSSR count). The molecule has 0 unspecified atom stereocenters. The third-order valence-corrected chi connectivity index (χ3v) is 3.35. The number of imidazole rings is 1. The first kappa shape index (κ1) is 11.3. The van der Waals surface area contributed by atoms with Gasteiger partial charge >= 0.3 is 0 Å². The normalized spacial score (nSPS) is 14.6. The summed E-state index contributed by atoms with van der Waals surface area (Å²) in [5.74, 6) is 0.700. The van der Waals surface area contributed by atoms with E-state index in [9.17, 15) is 0 Å². The first-order valence-electron chi connectivity index (χ1n) is 6.38. The van der Waals surface area contributed by atoms with E-state index in [2.05, 4.69) is 15.0 Å². The highest BCUT2D eigenvalue weighted by Crippen LogP contribution is 2.21. The molecule has 2 N–H and O–H groups in total. The zero-order valence-electron chi connectivity index (χ0n) is 10.6. The van der Waals surface area contributed by atoms with Crippen molar-refractivity contribution in [2.24, 2.45) is 5.73 Å². The van der Waals surface area contributed by atoms with Crippen molar-refractivity contribution in [3.63, 3.8) is 0 Å². The van der Waals surface area contributed by atoms with Crippen molar-refractivity contribution in [1.82, 2.24) is 19.5 Å². The Morgan fingerprint density at radius 3 is 2.94 bits per heavy atom. The summed E-state index contributed by atoms with van der Waals surface area (Å²) in [5, 5.41) is 0. The lowest BCUT2D eigenvalue weighted by Gasteiger charge is -2.13. The summed E-state index contributed by atoms with van der Waals surface area (Å²) in [6.07, 6.45) is 6.41. The van der Waals surface area contributed by atoms with Crippen LogP contribution in [0.1, 0.15) is 35.6 Å². The van der Waals surface area contributed by atoms with Gasteiger partial charge in [-0.25, -0.2) is 15.0 Å². The summed E-state index contributed by atoms with van der Waals surface area (Å²) < 4.78 is 2.01. The summed E-state index contributed by atoms with van der Waals surface area (Å²) in [6.45, 7) is 2.40. The van der Waals surface area contributed by atoms with Gasteiger partial charge in [-0.05, 0) is 38.7 Å². The fraction of sp³-hybridized carbons (Fsp3) is 0.462. The molecule has 0 aliphatic heterocycles. The zero-order valence-corrected chi connectivity index (χ0v) is 10.6. The molecule has 2 aromatic rings. The highest BCUT2D eigenvalue weighted by Gasteiger charge is 2.17. The molecule has 1 aliphatic rings. The van der Waals surface area contributed by atoms with Crippen LogP contribution in [-0.2, 0) is 19.4 Å². The van der Waals surface area contributed by atoms with Gasteiger partial charge in [-0.2, -0.15) is 0 Å². The quantitative estimate of drug-likeness (QED) is 0.863. The summed E-state index contributed by atoms with van der Waals surface area (Å²) in [6, 6.07) is 1.92. The maximum absolute atomic E-state index is 5.66. The Balaban J connectivity index is 2.09. The third-order valence-electron chi connectivity index (χ3n) is 3.35. The van der Waals surface area contributed by atoms with Crippen LogP contribution in [0.3, 0.4) is 0 Å². The van der Waals surface area contributed by atoms with Gasteiger partial charge in [0, 0.05) is 17.9 Å². The molecule has 0 fully saturated rings. The Hall–Kier alpha value is -1.75. The van der Waals surface area contributed by atoms with Crippen molar-refractivity contribution >= 4 is 0 Å². The second-order valence-corrected chi connectivity index (χ2v) is 4.72. The molecule has 0 radical (unpaired) electrons. The maximum atomic E-state index is 5.66. The lowest BCUT2D eigenvalue weighted by molar-refractivity contribution is 0.650. The fourth-order valence-electron chi connectivity index (χ4n) is 2.47. The van der Waals surface area contributed by atoms with Gasteiger partial charge in [0.2, 0.25) is 5.95 Å². The second kappa shape index (κ2) is 4.49. The van der Waals surface area contributed by atoms with Crippen LogP contribution in [-0.4, -0.2) is 19.5 Å². The van der Waals surface area contributed by atoms with E-state index in [1.807, 2.05) is 23.9 Å². The summed E-state index contributed by atoms with van der Waals surface area (Å²) >= 11 is 0. The summed E-state index contributed by atoms with van der Waals surface area (Å²) in [5.41, 5.74) is 9.93. The van der Waals surface area contributed by atoms with E-state index in [1.165, 1.54) is 24.2 Å².